The summed E-state index contributed by atoms with van der Waals surface area (Å²) in [6.07, 6.45) is 6.48. The minimum atomic E-state index is -0.299. The first-order valence-corrected chi connectivity index (χ1v) is 9.50. The van der Waals surface area contributed by atoms with E-state index in [1.165, 1.54) is 10.9 Å². The van der Waals surface area contributed by atoms with Crippen LogP contribution in [0, 0.1) is 6.92 Å². The van der Waals surface area contributed by atoms with Crippen molar-refractivity contribution in [3.63, 3.8) is 0 Å². The van der Waals surface area contributed by atoms with E-state index in [2.05, 4.69) is 51.2 Å². The highest BCUT2D eigenvalue weighted by Gasteiger charge is 2.24. The summed E-state index contributed by atoms with van der Waals surface area (Å²) in [6.45, 7) is 7.99. The molecule has 4 aromatic rings. The maximum Gasteiger partial charge on any atom is 0.260 e. The van der Waals surface area contributed by atoms with Gasteiger partial charge in [0.15, 0.2) is 5.82 Å². The number of aromatic nitrogens is 7. The molecule has 1 N–H and O–H groups in total. The molecule has 4 heterocycles. The molecule has 0 aliphatic heterocycles. The van der Waals surface area contributed by atoms with E-state index in [1.807, 2.05) is 31.2 Å². The van der Waals surface area contributed by atoms with Gasteiger partial charge in [-0.05, 0) is 25.1 Å². The van der Waals surface area contributed by atoms with Crippen LogP contribution in [0.2, 0.25) is 0 Å². The molecule has 9 nitrogen and oxygen atoms in total. The van der Waals surface area contributed by atoms with Crippen molar-refractivity contribution >= 4 is 11.7 Å². The first kappa shape index (κ1) is 19.4. The maximum atomic E-state index is 13.1. The van der Waals surface area contributed by atoms with Crippen LogP contribution in [0.5, 0.6) is 0 Å². The van der Waals surface area contributed by atoms with Gasteiger partial charge in [-0.1, -0.05) is 26.8 Å². The molecular weight excluding hydrogens is 380 g/mol. The van der Waals surface area contributed by atoms with Crippen LogP contribution in [0.4, 0.5) is 5.82 Å². The van der Waals surface area contributed by atoms with Crippen molar-refractivity contribution < 1.29 is 4.79 Å². The van der Waals surface area contributed by atoms with Gasteiger partial charge in [0.25, 0.3) is 11.9 Å². The number of nitrogens with zero attached hydrogens (tertiary/aromatic N) is 7. The van der Waals surface area contributed by atoms with Gasteiger partial charge in [0.05, 0.1) is 23.1 Å². The van der Waals surface area contributed by atoms with Gasteiger partial charge >= 0.3 is 0 Å². The third-order valence-corrected chi connectivity index (χ3v) is 4.58. The third kappa shape index (κ3) is 3.69. The van der Waals surface area contributed by atoms with Gasteiger partial charge < -0.3 is 5.32 Å². The molecule has 0 fully saturated rings. The number of anilines is 1. The number of carbonyl (C=O) groups is 1. The Kier molecular flexibility index (Phi) is 4.86. The van der Waals surface area contributed by atoms with E-state index in [4.69, 9.17) is 0 Å². The van der Waals surface area contributed by atoms with Crippen LogP contribution in [-0.4, -0.2) is 40.4 Å². The number of hydrogen-bond donors (Lipinski definition) is 1. The number of rotatable bonds is 4. The van der Waals surface area contributed by atoms with Crippen molar-refractivity contribution in [1.29, 1.82) is 0 Å². The standard InChI is InChI=1S/C21H22N8O/c1-14-15(13-25-28(14)17-8-5-6-9-22-17)19(30)26-18-12-16(21(2,3)4)27-29(18)20-23-10-7-11-24-20/h5-13H,1-4H3,(H,26,30). The Morgan fingerprint density at radius 1 is 1.00 bits per heavy atom. The third-order valence-electron chi connectivity index (χ3n) is 4.58. The van der Waals surface area contributed by atoms with E-state index in [1.54, 1.807) is 29.3 Å². The molecule has 4 rings (SSSR count). The molecule has 0 saturated carbocycles. The first-order valence-electron chi connectivity index (χ1n) is 9.50. The Morgan fingerprint density at radius 3 is 2.40 bits per heavy atom. The van der Waals surface area contributed by atoms with E-state index in [0.717, 1.165) is 5.69 Å². The summed E-state index contributed by atoms with van der Waals surface area (Å²) < 4.78 is 3.17. The highest BCUT2D eigenvalue weighted by molar-refractivity contribution is 6.04. The minimum Gasteiger partial charge on any atom is -0.306 e. The average Bonchev–Trinajstić information content (AvgIpc) is 3.33. The van der Waals surface area contributed by atoms with Gasteiger partial charge in [-0.15, -0.1) is 0 Å². The van der Waals surface area contributed by atoms with E-state index >= 15 is 0 Å². The molecule has 152 valence electrons. The average molecular weight is 402 g/mol. The zero-order valence-corrected chi connectivity index (χ0v) is 17.2. The van der Waals surface area contributed by atoms with Crippen LogP contribution in [0.1, 0.15) is 42.5 Å². The van der Waals surface area contributed by atoms with Gasteiger partial charge in [-0.2, -0.15) is 14.9 Å². The smallest absolute Gasteiger partial charge is 0.260 e. The van der Waals surface area contributed by atoms with Crippen molar-refractivity contribution in [2.24, 2.45) is 0 Å². The van der Waals surface area contributed by atoms with Crippen LogP contribution in [0.25, 0.3) is 11.8 Å². The second-order valence-corrected chi connectivity index (χ2v) is 7.82. The van der Waals surface area contributed by atoms with Gasteiger partial charge in [0.2, 0.25) is 0 Å². The lowest BCUT2D eigenvalue weighted by molar-refractivity contribution is 0.102. The lowest BCUT2D eigenvalue weighted by Crippen LogP contribution is -2.17. The van der Waals surface area contributed by atoms with Gasteiger partial charge in [-0.3, -0.25) is 4.79 Å². The molecule has 0 unspecified atom stereocenters. The first-order chi connectivity index (χ1) is 14.3. The second-order valence-electron chi connectivity index (χ2n) is 7.82. The van der Waals surface area contributed by atoms with Crippen molar-refractivity contribution in [3.05, 3.63) is 72.1 Å². The Bertz CT molecular complexity index is 1170. The van der Waals surface area contributed by atoms with E-state index in [0.29, 0.717) is 28.8 Å². The van der Waals surface area contributed by atoms with Gasteiger partial charge in [-0.25, -0.2) is 19.6 Å². The number of pyridine rings is 1. The SMILES string of the molecule is Cc1c(C(=O)Nc2cc(C(C)(C)C)nn2-c2ncccn2)cnn1-c1ccccn1. The fourth-order valence-corrected chi connectivity index (χ4v) is 2.92. The molecule has 0 aliphatic carbocycles. The quantitative estimate of drug-likeness (QED) is 0.563. The topological polar surface area (TPSA) is 103 Å². The van der Waals surface area contributed by atoms with Crippen LogP contribution in [0.15, 0.2) is 55.1 Å². The molecule has 0 aromatic carbocycles. The van der Waals surface area contributed by atoms with E-state index < -0.39 is 0 Å². The number of hydrogen-bond acceptors (Lipinski definition) is 6. The largest absolute Gasteiger partial charge is 0.306 e. The summed E-state index contributed by atoms with van der Waals surface area (Å²) in [4.78, 5) is 25.9. The van der Waals surface area contributed by atoms with Gasteiger partial charge in [0, 0.05) is 30.1 Å². The van der Waals surface area contributed by atoms with Gasteiger partial charge in [0.1, 0.15) is 5.82 Å². The minimum absolute atomic E-state index is 0.209. The molecule has 0 aliphatic rings. The number of amides is 1. The summed E-state index contributed by atoms with van der Waals surface area (Å²) in [6, 6.07) is 9.10. The predicted octanol–water partition coefficient (Wildman–Crippen LogP) is 3.10. The summed E-state index contributed by atoms with van der Waals surface area (Å²) in [5, 5.41) is 11.9. The highest BCUT2D eigenvalue weighted by Crippen LogP contribution is 2.26. The van der Waals surface area contributed by atoms with E-state index in [9.17, 15) is 4.79 Å². The molecular formula is C21H22N8O. The van der Waals surface area contributed by atoms with Crippen LogP contribution in [-0.2, 0) is 5.41 Å². The normalized spacial score (nSPS) is 11.5. The lowest BCUT2D eigenvalue weighted by Gasteiger charge is -2.13. The Morgan fingerprint density at radius 2 is 1.73 bits per heavy atom. The lowest BCUT2D eigenvalue weighted by atomic mass is 9.92. The van der Waals surface area contributed by atoms with Crippen LogP contribution >= 0.6 is 0 Å². The molecule has 0 atom stereocenters. The maximum absolute atomic E-state index is 13.1. The fourth-order valence-electron chi connectivity index (χ4n) is 2.92. The Labute approximate surface area is 173 Å². The summed E-state index contributed by atoms with van der Waals surface area (Å²) in [7, 11) is 0. The summed E-state index contributed by atoms with van der Waals surface area (Å²) in [5.41, 5.74) is 1.73. The van der Waals surface area contributed by atoms with Crippen molar-refractivity contribution in [3.8, 4) is 11.8 Å². The number of nitrogens with one attached hydrogen (secondary N) is 1. The summed E-state index contributed by atoms with van der Waals surface area (Å²) in [5.74, 6) is 1.21. The molecule has 4 aromatic heterocycles. The fraction of sp³-hybridized carbons (Fsp3) is 0.238. The number of carbonyl (C=O) groups excluding carboxylic acids is 1. The predicted molar refractivity (Wildman–Crippen MR) is 112 cm³/mol. The van der Waals surface area contributed by atoms with Crippen molar-refractivity contribution in [2.75, 3.05) is 5.32 Å². The molecule has 9 heteroatoms. The highest BCUT2D eigenvalue weighted by atomic mass is 16.1. The molecule has 0 spiro atoms. The van der Waals surface area contributed by atoms with E-state index in [-0.39, 0.29) is 11.3 Å². The zero-order chi connectivity index (χ0) is 21.3. The van der Waals surface area contributed by atoms with Crippen molar-refractivity contribution in [2.45, 2.75) is 33.1 Å². The second kappa shape index (κ2) is 7.51. The molecule has 0 radical (unpaired) electrons. The monoisotopic (exact) mass is 402 g/mol. The Balaban J connectivity index is 1.69. The molecule has 30 heavy (non-hydrogen) atoms. The summed E-state index contributed by atoms with van der Waals surface area (Å²) >= 11 is 0. The molecule has 0 bridgehead atoms. The zero-order valence-electron chi connectivity index (χ0n) is 17.2. The molecule has 0 saturated heterocycles. The van der Waals surface area contributed by atoms with Crippen LogP contribution in [0.3, 0.4) is 0 Å². The van der Waals surface area contributed by atoms with Crippen molar-refractivity contribution in [1.82, 2.24) is 34.5 Å². The Hall–Kier alpha value is -3.88. The molecule has 1 amide bonds. The van der Waals surface area contributed by atoms with Crippen LogP contribution < -0.4 is 5.32 Å².